The van der Waals surface area contributed by atoms with Crippen molar-refractivity contribution >= 4 is 46.3 Å². The number of carbonyl (C=O) groups excluding carboxylic acids is 5. The van der Waals surface area contributed by atoms with Gasteiger partial charge in [0.05, 0.1) is 42.7 Å². The number of fused-ring (bicyclic) bond motifs is 1. The standard InChI is InChI=1S/C57H88N6O9/c1-12-38(6)43(29-28-39(7)53(67)51(36(2)3)61-57(70)52(37(4)5)62(9)30-20-14-17-27-50(65)66)48(71-10)33-49(64)63-31-21-26-47(63)54(72-11)40(8)55(68)60-46(56(69)59-34-41-22-15-13-16-23-41)32-42-35-58-45-25-19-18-24-44(42)45/h13,15-16,18-19,22-25,35-40,43,46-48,51-52,54,58H,12,14,17,20-21,26-34H2,1-11H3,(H,59,69)(H,60,68)(H,61,70)(H,65,66)/t38-,39?,40+,43-,46-,47-,48+,51-,52-,54+/m0/s1. The third-order valence-electron chi connectivity index (χ3n) is 15.2. The number of carboxylic acids is 1. The number of aromatic amines is 1. The number of amides is 4. The zero-order valence-electron chi connectivity index (χ0n) is 45.2. The highest BCUT2D eigenvalue weighted by molar-refractivity contribution is 5.92. The van der Waals surface area contributed by atoms with Crippen molar-refractivity contribution in [1.82, 2.24) is 30.7 Å². The van der Waals surface area contributed by atoms with E-state index in [2.05, 4.69) is 34.8 Å². The molecule has 72 heavy (non-hydrogen) atoms. The van der Waals surface area contributed by atoms with Gasteiger partial charge in [-0.3, -0.25) is 33.7 Å². The van der Waals surface area contributed by atoms with Crippen LogP contribution in [0.15, 0.2) is 60.8 Å². The number of nitrogens with one attached hydrogen (secondary N) is 4. The number of likely N-dealkylation sites (tertiary alicyclic amines) is 1. The maximum Gasteiger partial charge on any atom is 0.303 e. The lowest BCUT2D eigenvalue weighted by Gasteiger charge is -2.36. The maximum atomic E-state index is 14.5. The van der Waals surface area contributed by atoms with Crippen LogP contribution in [0.5, 0.6) is 0 Å². The summed E-state index contributed by atoms with van der Waals surface area (Å²) in [5, 5.41) is 19.2. The van der Waals surface area contributed by atoms with E-state index < -0.39 is 42.2 Å². The van der Waals surface area contributed by atoms with Crippen molar-refractivity contribution in [2.45, 2.75) is 169 Å². The minimum absolute atomic E-state index is 0.0106. The molecule has 2 aromatic carbocycles. The second-order valence-corrected chi connectivity index (χ2v) is 21.1. The first kappa shape index (κ1) is 59.4. The SMILES string of the molecule is CC[C@H](C)[C@H](CCC(C)C(=O)[C@@H](NC(=O)[C@H](C(C)C)N(C)CCCCCC(=O)O)C(C)C)[C@@H](CC(=O)N1CCC[C@H]1[C@H](OC)[C@@H](C)C(=O)N[C@@H](Cc1c[nH]c2ccccc12)C(=O)NCc1ccccc1)OC. The smallest absolute Gasteiger partial charge is 0.303 e. The van der Waals surface area contributed by atoms with Gasteiger partial charge in [-0.2, -0.15) is 0 Å². The minimum atomic E-state index is -0.876. The van der Waals surface area contributed by atoms with E-state index in [9.17, 15) is 28.8 Å². The van der Waals surface area contributed by atoms with Crippen molar-refractivity contribution in [1.29, 1.82) is 0 Å². The number of aliphatic carboxylic acids is 1. The zero-order chi connectivity index (χ0) is 53.1. The van der Waals surface area contributed by atoms with Crippen LogP contribution in [-0.4, -0.2) is 126 Å². The van der Waals surface area contributed by atoms with Gasteiger partial charge in [0.15, 0.2) is 5.78 Å². The van der Waals surface area contributed by atoms with Gasteiger partial charge in [-0.25, -0.2) is 0 Å². The number of methoxy groups -OCH3 is 2. The van der Waals surface area contributed by atoms with Crippen molar-refractivity contribution in [3.63, 3.8) is 0 Å². The molecule has 10 atom stereocenters. The molecule has 0 spiro atoms. The first-order valence-corrected chi connectivity index (χ1v) is 26.6. The van der Waals surface area contributed by atoms with Gasteiger partial charge in [0.1, 0.15) is 6.04 Å². The number of unbranched alkanes of at least 4 members (excludes halogenated alkanes) is 2. The number of hydrogen-bond acceptors (Lipinski definition) is 9. The fraction of sp³-hybridized carbons (Fsp3) is 0.649. The Morgan fingerprint density at radius 3 is 2.17 bits per heavy atom. The molecule has 1 aliphatic heterocycles. The summed E-state index contributed by atoms with van der Waals surface area (Å²) in [6, 6.07) is 15.1. The van der Waals surface area contributed by atoms with E-state index in [1.807, 2.05) is 112 Å². The average molecular weight is 1000 g/mol. The van der Waals surface area contributed by atoms with E-state index in [1.165, 1.54) is 0 Å². The molecule has 0 bridgehead atoms. The lowest BCUT2D eigenvalue weighted by molar-refractivity contribution is -0.143. The molecule has 1 saturated heterocycles. The molecule has 15 heteroatoms. The van der Waals surface area contributed by atoms with E-state index in [-0.39, 0.29) is 84.3 Å². The number of ketones is 1. The molecule has 4 rings (SSSR count). The van der Waals surface area contributed by atoms with Crippen molar-refractivity contribution < 1.29 is 43.3 Å². The van der Waals surface area contributed by atoms with Gasteiger partial charge in [0.2, 0.25) is 23.6 Å². The van der Waals surface area contributed by atoms with Crippen molar-refractivity contribution in [2.75, 3.05) is 34.4 Å². The Morgan fingerprint density at radius 1 is 0.833 bits per heavy atom. The van der Waals surface area contributed by atoms with Crippen LogP contribution in [0.1, 0.15) is 131 Å². The van der Waals surface area contributed by atoms with E-state index in [0.717, 1.165) is 47.7 Å². The van der Waals surface area contributed by atoms with Gasteiger partial charge in [-0.1, -0.05) is 117 Å². The third kappa shape index (κ3) is 17.0. The van der Waals surface area contributed by atoms with Crippen molar-refractivity contribution in [3.05, 3.63) is 71.9 Å². The molecule has 2 heterocycles. The fourth-order valence-electron chi connectivity index (χ4n) is 10.7. The summed E-state index contributed by atoms with van der Waals surface area (Å²) < 4.78 is 12.2. The normalized spacial score (nSPS) is 17.8. The molecular weight excluding hydrogens is 913 g/mol. The molecule has 1 fully saturated rings. The van der Waals surface area contributed by atoms with Gasteiger partial charge in [0.25, 0.3) is 0 Å². The number of likely N-dealkylation sites (N-methyl/N-ethyl adjacent to an activating group) is 1. The van der Waals surface area contributed by atoms with Crippen molar-refractivity contribution in [3.8, 4) is 0 Å². The van der Waals surface area contributed by atoms with E-state index in [0.29, 0.717) is 45.3 Å². The summed E-state index contributed by atoms with van der Waals surface area (Å²) >= 11 is 0. The number of nitrogens with zero attached hydrogens (tertiary/aromatic N) is 2. The predicted molar refractivity (Wildman–Crippen MR) is 283 cm³/mol. The topological polar surface area (TPSA) is 199 Å². The van der Waals surface area contributed by atoms with Crippen molar-refractivity contribution in [2.24, 2.45) is 35.5 Å². The van der Waals surface area contributed by atoms with E-state index in [4.69, 9.17) is 14.6 Å². The number of benzene rings is 2. The Labute approximate surface area is 429 Å². The Hall–Kier alpha value is -5.12. The summed E-state index contributed by atoms with van der Waals surface area (Å²) in [5.74, 6) is -2.82. The Kier molecular flexibility index (Phi) is 24.4. The number of para-hydroxylation sites is 1. The number of carboxylic acid groups (broad SMARTS) is 1. The van der Waals surface area contributed by atoms with E-state index in [1.54, 1.807) is 21.1 Å². The van der Waals surface area contributed by atoms with E-state index >= 15 is 0 Å². The van der Waals surface area contributed by atoms with Crippen LogP contribution in [0, 0.1) is 35.5 Å². The van der Waals surface area contributed by atoms with Crippen LogP contribution in [-0.2, 0) is 51.2 Å². The molecule has 1 unspecified atom stereocenters. The molecule has 0 aliphatic carbocycles. The largest absolute Gasteiger partial charge is 0.481 e. The Morgan fingerprint density at radius 2 is 1.53 bits per heavy atom. The minimum Gasteiger partial charge on any atom is -0.481 e. The summed E-state index contributed by atoms with van der Waals surface area (Å²) in [6.45, 7) is 17.3. The number of aromatic nitrogens is 1. The quantitative estimate of drug-likeness (QED) is 0.0383. The molecular formula is C57H88N6O9. The zero-order valence-corrected chi connectivity index (χ0v) is 45.2. The molecule has 0 radical (unpaired) electrons. The number of ether oxygens (including phenoxy) is 2. The third-order valence-corrected chi connectivity index (χ3v) is 15.2. The van der Waals surface area contributed by atoms with Crippen LogP contribution in [0.3, 0.4) is 0 Å². The first-order valence-electron chi connectivity index (χ1n) is 26.6. The summed E-state index contributed by atoms with van der Waals surface area (Å²) in [6.07, 6.45) is 6.91. The second kappa shape index (κ2) is 29.5. The number of rotatable bonds is 32. The van der Waals surface area contributed by atoms with Gasteiger partial charge in [-0.15, -0.1) is 0 Å². The lowest BCUT2D eigenvalue weighted by Crippen LogP contribution is -2.55. The first-order chi connectivity index (χ1) is 34.3. The highest BCUT2D eigenvalue weighted by atomic mass is 16.5. The Bertz CT molecular complexity index is 2180. The lowest BCUT2D eigenvalue weighted by atomic mass is 9.79. The van der Waals surface area contributed by atoms with Gasteiger partial charge >= 0.3 is 5.97 Å². The monoisotopic (exact) mass is 1000 g/mol. The van der Waals surface area contributed by atoms with Gasteiger partial charge in [-0.05, 0) is 93.0 Å². The van der Waals surface area contributed by atoms with Crippen LogP contribution in [0.2, 0.25) is 0 Å². The predicted octanol–water partition coefficient (Wildman–Crippen LogP) is 7.95. The fourth-order valence-corrected chi connectivity index (χ4v) is 10.7. The molecule has 3 aromatic rings. The second-order valence-electron chi connectivity index (χ2n) is 21.1. The molecule has 1 aliphatic rings. The summed E-state index contributed by atoms with van der Waals surface area (Å²) in [5.41, 5.74) is 2.79. The molecule has 1 aromatic heterocycles. The van der Waals surface area contributed by atoms with Crippen LogP contribution in [0.4, 0.5) is 0 Å². The van der Waals surface area contributed by atoms with Crippen LogP contribution < -0.4 is 16.0 Å². The van der Waals surface area contributed by atoms with Gasteiger partial charge in [0, 0.05) is 63.2 Å². The number of H-pyrrole nitrogens is 1. The molecule has 5 N–H and O–H groups in total. The highest BCUT2D eigenvalue weighted by Gasteiger charge is 2.42. The Balaban J connectivity index is 1.42. The molecule has 0 saturated carbocycles. The molecule has 400 valence electrons. The van der Waals surface area contributed by atoms with Gasteiger partial charge < -0.3 is 40.4 Å². The molecule has 15 nitrogen and oxygen atoms in total. The summed E-state index contributed by atoms with van der Waals surface area (Å²) in [4.78, 5) is 88.8. The highest BCUT2D eigenvalue weighted by Crippen LogP contribution is 2.33. The number of Topliss-reactive ketones (excluding diaryl/α,β-unsaturated/α-hetero) is 1. The van der Waals surface area contributed by atoms with Crippen LogP contribution in [0.25, 0.3) is 10.9 Å². The average Bonchev–Trinajstić information content (AvgIpc) is 4.01. The summed E-state index contributed by atoms with van der Waals surface area (Å²) in [7, 11) is 5.11. The number of carbonyl (C=O) groups is 6. The molecule has 4 amide bonds. The van der Waals surface area contributed by atoms with Crippen LogP contribution >= 0.6 is 0 Å². The number of hydrogen-bond donors (Lipinski definition) is 5. The maximum absolute atomic E-state index is 14.5.